The fraction of sp³-hybridized carbons (Fsp3) is 0.286. The maximum atomic E-state index is 14.2. The van der Waals surface area contributed by atoms with Gasteiger partial charge in [-0.25, -0.2) is 13.8 Å². The summed E-state index contributed by atoms with van der Waals surface area (Å²) in [5.74, 6) is -1.16. The minimum atomic E-state index is -5.04. The molecule has 1 heterocycles. The molecule has 0 saturated carbocycles. The van der Waals surface area contributed by atoms with E-state index < -0.39 is 39.6 Å². The SMILES string of the molecule is CCOc1cc(-n2c(=O)c(Cl)c(C(F)(F)F)n(C)c2=O)c(F)cc1Cl. The Labute approximate surface area is 148 Å². The molecule has 11 heteroatoms. The maximum Gasteiger partial charge on any atom is 0.433 e. The zero-order valence-corrected chi connectivity index (χ0v) is 14.3. The van der Waals surface area contributed by atoms with Crippen molar-refractivity contribution in [2.75, 3.05) is 6.61 Å². The molecule has 25 heavy (non-hydrogen) atoms. The van der Waals surface area contributed by atoms with Crippen molar-refractivity contribution >= 4 is 23.2 Å². The summed E-state index contributed by atoms with van der Waals surface area (Å²) < 4.78 is 58.6. The number of benzene rings is 1. The van der Waals surface area contributed by atoms with E-state index in [1.165, 1.54) is 0 Å². The van der Waals surface area contributed by atoms with Crippen LogP contribution in [0.25, 0.3) is 5.69 Å². The predicted molar refractivity (Wildman–Crippen MR) is 83.4 cm³/mol. The van der Waals surface area contributed by atoms with Gasteiger partial charge in [-0.2, -0.15) is 13.2 Å². The van der Waals surface area contributed by atoms with Gasteiger partial charge in [0.05, 0.1) is 17.3 Å². The van der Waals surface area contributed by atoms with E-state index in [-0.39, 0.29) is 26.5 Å². The van der Waals surface area contributed by atoms with E-state index in [0.717, 1.165) is 19.2 Å². The molecule has 0 aliphatic rings. The van der Waals surface area contributed by atoms with Gasteiger partial charge in [0.15, 0.2) is 5.69 Å². The molecule has 2 rings (SSSR count). The van der Waals surface area contributed by atoms with Crippen LogP contribution in [0.1, 0.15) is 12.6 Å². The summed E-state index contributed by atoms with van der Waals surface area (Å²) in [6.45, 7) is 1.75. The lowest BCUT2D eigenvalue weighted by Gasteiger charge is -2.17. The van der Waals surface area contributed by atoms with Crippen LogP contribution in [0, 0.1) is 5.82 Å². The van der Waals surface area contributed by atoms with E-state index in [9.17, 15) is 27.2 Å². The Hall–Kier alpha value is -2.00. The molecule has 0 fully saturated rings. The fourth-order valence-corrected chi connectivity index (χ4v) is 2.69. The molecule has 5 nitrogen and oxygen atoms in total. The topological polar surface area (TPSA) is 53.2 Å². The summed E-state index contributed by atoms with van der Waals surface area (Å²) in [6, 6.07) is 1.72. The van der Waals surface area contributed by atoms with Crippen molar-refractivity contribution in [2.24, 2.45) is 7.05 Å². The minimum Gasteiger partial charge on any atom is -0.492 e. The number of rotatable bonds is 3. The van der Waals surface area contributed by atoms with Crippen LogP contribution in [-0.2, 0) is 13.2 Å². The number of alkyl halides is 3. The van der Waals surface area contributed by atoms with Crippen molar-refractivity contribution in [3.63, 3.8) is 0 Å². The third kappa shape index (κ3) is 3.38. The molecule has 0 aliphatic heterocycles. The van der Waals surface area contributed by atoms with Gasteiger partial charge in [-0.1, -0.05) is 23.2 Å². The Bertz CT molecular complexity index is 914. The third-order valence-corrected chi connectivity index (χ3v) is 3.86. The molecule has 0 aliphatic carbocycles. The first kappa shape index (κ1) is 19.3. The Morgan fingerprint density at radius 2 is 1.80 bits per heavy atom. The van der Waals surface area contributed by atoms with Gasteiger partial charge in [-0.05, 0) is 13.0 Å². The van der Waals surface area contributed by atoms with E-state index in [1.807, 2.05) is 0 Å². The van der Waals surface area contributed by atoms with Crippen LogP contribution in [0.5, 0.6) is 5.75 Å². The van der Waals surface area contributed by atoms with Crippen molar-refractivity contribution in [1.29, 1.82) is 0 Å². The van der Waals surface area contributed by atoms with Gasteiger partial charge in [-0.15, -0.1) is 0 Å². The van der Waals surface area contributed by atoms with Gasteiger partial charge in [0, 0.05) is 13.1 Å². The number of ether oxygens (including phenoxy) is 1. The minimum absolute atomic E-state index is 0.0504. The first-order valence-electron chi connectivity index (χ1n) is 6.71. The molecular weight excluding hydrogens is 391 g/mol. The zero-order chi connectivity index (χ0) is 19.1. The highest BCUT2D eigenvalue weighted by Gasteiger charge is 2.39. The predicted octanol–water partition coefficient (Wildman–Crippen LogP) is 3.40. The summed E-state index contributed by atoms with van der Waals surface area (Å²) in [6.07, 6.45) is -5.04. The van der Waals surface area contributed by atoms with Crippen molar-refractivity contribution in [1.82, 2.24) is 9.13 Å². The number of aromatic nitrogens is 2. The molecule has 0 N–H and O–H groups in total. The lowest BCUT2D eigenvalue weighted by Crippen LogP contribution is -2.42. The summed E-state index contributed by atoms with van der Waals surface area (Å²) in [5, 5.41) is -1.40. The Kier molecular flexibility index (Phi) is 5.19. The van der Waals surface area contributed by atoms with Crippen molar-refractivity contribution in [3.8, 4) is 11.4 Å². The average molecular weight is 401 g/mol. The molecule has 0 amide bonds. The standard InChI is InChI=1S/C14H10Cl2F4N2O3/c1-3-25-9-5-8(7(17)4-6(9)15)22-12(23)10(16)11(14(18,19)20)21(2)13(22)24/h4-5H,3H2,1-2H3. The van der Waals surface area contributed by atoms with Crippen LogP contribution >= 0.6 is 23.2 Å². The van der Waals surface area contributed by atoms with Crippen LogP contribution in [-0.4, -0.2) is 15.7 Å². The highest BCUT2D eigenvalue weighted by atomic mass is 35.5. The Balaban J connectivity index is 2.89. The maximum absolute atomic E-state index is 14.2. The second kappa shape index (κ2) is 6.72. The summed E-state index contributed by atoms with van der Waals surface area (Å²) in [4.78, 5) is 24.4. The third-order valence-electron chi connectivity index (χ3n) is 3.22. The Morgan fingerprint density at radius 1 is 1.20 bits per heavy atom. The van der Waals surface area contributed by atoms with Gasteiger partial charge in [-0.3, -0.25) is 9.36 Å². The van der Waals surface area contributed by atoms with Crippen LogP contribution in [0.2, 0.25) is 10.0 Å². The van der Waals surface area contributed by atoms with Gasteiger partial charge >= 0.3 is 11.9 Å². The van der Waals surface area contributed by atoms with E-state index in [4.69, 9.17) is 27.9 Å². The van der Waals surface area contributed by atoms with Crippen LogP contribution in [0.15, 0.2) is 21.7 Å². The number of hydrogen-bond donors (Lipinski definition) is 0. The van der Waals surface area contributed by atoms with Crippen LogP contribution < -0.4 is 16.0 Å². The van der Waals surface area contributed by atoms with Crippen molar-refractivity contribution in [3.05, 3.63) is 54.5 Å². The monoisotopic (exact) mass is 400 g/mol. The lowest BCUT2D eigenvalue weighted by atomic mass is 10.2. The van der Waals surface area contributed by atoms with Crippen molar-refractivity contribution in [2.45, 2.75) is 13.1 Å². The first-order chi connectivity index (χ1) is 11.5. The average Bonchev–Trinajstić information content (AvgIpc) is 2.48. The molecule has 0 bridgehead atoms. The number of nitrogens with zero attached hydrogens (tertiary/aromatic N) is 2. The van der Waals surface area contributed by atoms with Gasteiger partial charge in [0.25, 0.3) is 5.56 Å². The summed E-state index contributed by atoms with van der Waals surface area (Å²) >= 11 is 11.3. The normalized spacial score (nSPS) is 11.7. The molecule has 0 spiro atoms. The van der Waals surface area contributed by atoms with Crippen LogP contribution in [0.4, 0.5) is 17.6 Å². The first-order valence-corrected chi connectivity index (χ1v) is 7.47. The molecule has 0 atom stereocenters. The van der Waals surface area contributed by atoms with Crippen LogP contribution in [0.3, 0.4) is 0 Å². The lowest BCUT2D eigenvalue weighted by molar-refractivity contribution is -0.143. The molecule has 0 unspecified atom stereocenters. The second-order valence-electron chi connectivity index (χ2n) is 4.81. The fourth-order valence-electron chi connectivity index (χ4n) is 2.16. The zero-order valence-electron chi connectivity index (χ0n) is 12.7. The molecular formula is C14H10Cl2F4N2O3. The molecule has 0 saturated heterocycles. The van der Waals surface area contributed by atoms with E-state index in [2.05, 4.69) is 0 Å². The molecule has 0 radical (unpaired) electrons. The molecule has 2 aromatic rings. The summed E-state index contributed by atoms with van der Waals surface area (Å²) in [7, 11) is 0.768. The molecule has 136 valence electrons. The van der Waals surface area contributed by atoms with Gasteiger partial charge in [0.1, 0.15) is 16.6 Å². The molecule has 1 aromatic carbocycles. The van der Waals surface area contributed by atoms with Gasteiger partial charge in [0.2, 0.25) is 0 Å². The quantitative estimate of drug-likeness (QED) is 0.742. The van der Waals surface area contributed by atoms with E-state index >= 15 is 0 Å². The van der Waals surface area contributed by atoms with Crippen molar-refractivity contribution < 1.29 is 22.3 Å². The largest absolute Gasteiger partial charge is 0.492 e. The summed E-state index contributed by atoms with van der Waals surface area (Å²) in [5.41, 5.74) is -5.19. The van der Waals surface area contributed by atoms with E-state index in [0.29, 0.717) is 0 Å². The number of hydrogen-bond acceptors (Lipinski definition) is 3. The highest BCUT2D eigenvalue weighted by Crippen LogP contribution is 2.33. The van der Waals surface area contributed by atoms with E-state index in [1.54, 1.807) is 6.92 Å². The highest BCUT2D eigenvalue weighted by molar-refractivity contribution is 6.32. The molecule has 1 aromatic heterocycles. The van der Waals surface area contributed by atoms with Gasteiger partial charge < -0.3 is 4.74 Å². The smallest absolute Gasteiger partial charge is 0.433 e. The number of halogens is 6. The Morgan fingerprint density at radius 3 is 2.32 bits per heavy atom. The second-order valence-corrected chi connectivity index (χ2v) is 5.59.